The van der Waals surface area contributed by atoms with E-state index in [2.05, 4.69) is 0 Å². The van der Waals surface area contributed by atoms with Gasteiger partial charge in [-0.15, -0.1) is 23.2 Å². The van der Waals surface area contributed by atoms with Crippen molar-refractivity contribution in [1.29, 1.82) is 0 Å². The van der Waals surface area contributed by atoms with Gasteiger partial charge in [0.25, 0.3) is 11.8 Å². The number of fused-ring (bicyclic) bond motifs is 4. The Kier molecular flexibility index (Phi) is 6.90. The first-order valence-electron chi connectivity index (χ1n) is 14.4. The van der Waals surface area contributed by atoms with Gasteiger partial charge in [-0.3, -0.25) is 24.1 Å². The van der Waals surface area contributed by atoms with Crippen LogP contribution in [0.4, 0.5) is 33.3 Å². The van der Waals surface area contributed by atoms with Crippen molar-refractivity contribution in [3.63, 3.8) is 0 Å². The molecule has 3 fully saturated rings. The van der Waals surface area contributed by atoms with Gasteiger partial charge >= 0.3 is 0 Å². The van der Waals surface area contributed by atoms with Gasteiger partial charge in [0.15, 0.2) is 33.0 Å². The summed E-state index contributed by atoms with van der Waals surface area (Å²) in [5.41, 5.74) is -1.07. The fourth-order valence-corrected chi connectivity index (χ4v) is 8.59. The van der Waals surface area contributed by atoms with Crippen LogP contribution in [0.3, 0.4) is 0 Å². The number of anilines is 2. The Labute approximate surface area is 273 Å². The Bertz CT molecular complexity index is 1960. The second-order valence-electron chi connectivity index (χ2n) is 12.1. The molecule has 6 atom stereocenters. The molecule has 2 saturated heterocycles. The Balaban J connectivity index is 1.45. The number of phenols is 1. The van der Waals surface area contributed by atoms with Gasteiger partial charge in [-0.1, -0.05) is 48.0 Å². The highest BCUT2D eigenvalue weighted by Crippen LogP contribution is 2.66. The lowest BCUT2D eigenvalue weighted by molar-refractivity contribution is -0.125. The Hall–Kier alpha value is -4.29. The number of aryl methyl sites for hydroxylation is 1. The first kappa shape index (κ1) is 31.3. The third-order valence-corrected chi connectivity index (χ3v) is 11.2. The van der Waals surface area contributed by atoms with Gasteiger partial charge in [-0.2, -0.15) is 0 Å². The standard InChI is InChI=1S/C33H21Cl2F5N2O5/c1-13-6-5-9-17(27(13)43)20-15-10-11-16-19(29(45)41(28(16)44)14-7-3-2-4-8-14)18(15)12-32(34)30(46)42(31(47)33(20,32)35)26-24(39)22(37)21(36)23(38)25(26)40/h2-10,16,18-20,43H,11-12H2,1H3/t16-,18+,19-,20+,32+,33-/m0/s1. The summed E-state index contributed by atoms with van der Waals surface area (Å²) in [5, 5.41) is 11.2. The van der Waals surface area contributed by atoms with Gasteiger partial charge in [-0.25, -0.2) is 26.9 Å². The van der Waals surface area contributed by atoms with Crippen LogP contribution in [-0.2, 0) is 19.2 Å². The average molecular weight is 691 g/mol. The van der Waals surface area contributed by atoms with Crippen LogP contribution in [0.5, 0.6) is 5.75 Å². The number of nitrogens with zero attached hydrogens (tertiary/aromatic N) is 2. The van der Waals surface area contributed by atoms with Crippen molar-refractivity contribution in [1.82, 2.24) is 0 Å². The Morgan fingerprint density at radius 3 is 2.02 bits per heavy atom. The normalized spacial score (nSPS) is 30.0. The molecule has 47 heavy (non-hydrogen) atoms. The molecule has 1 saturated carbocycles. The number of para-hydroxylation sites is 2. The lowest BCUT2D eigenvalue weighted by atomic mass is 9.56. The SMILES string of the molecule is Cc1cccc([C@H]2C3=CC[C@@H]4C(=O)N(c5ccccc5)C(=O)[C@@H]4[C@@H]3C[C@@]3(Cl)C(=O)N(c4c(F)c(F)c(F)c(F)c4F)C(=O)[C@@]23Cl)c1O. The Morgan fingerprint density at radius 1 is 0.766 bits per heavy atom. The maximum atomic E-state index is 15.1. The number of carbonyl (C=O) groups is 4. The highest BCUT2D eigenvalue weighted by Gasteiger charge is 2.77. The number of halogens is 7. The molecule has 7 nitrogen and oxygen atoms in total. The molecule has 4 aliphatic rings. The Morgan fingerprint density at radius 2 is 1.38 bits per heavy atom. The molecule has 1 N–H and O–H groups in total. The van der Waals surface area contributed by atoms with E-state index in [0.717, 1.165) is 4.90 Å². The molecule has 0 radical (unpaired) electrons. The third-order valence-electron chi connectivity index (χ3n) is 9.82. The zero-order valence-corrected chi connectivity index (χ0v) is 25.6. The van der Waals surface area contributed by atoms with Gasteiger partial charge in [0.05, 0.1) is 17.5 Å². The molecular formula is C33H21Cl2F5N2O5. The van der Waals surface area contributed by atoms with Crippen LogP contribution in [0, 0.1) is 53.8 Å². The predicted molar refractivity (Wildman–Crippen MR) is 158 cm³/mol. The van der Waals surface area contributed by atoms with Gasteiger partial charge in [0, 0.05) is 11.5 Å². The number of hydrogen-bond acceptors (Lipinski definition) is 5. The van der Waals surface area contributed by atoms with E-state index in [9.17, 15) is 37.5 Å². The van der Waals surface area contributed by atoms with Gasteiger partial charge in [-0.05, 0) is 43.4 Å². The molecule has 0 unspecified atom stereocenters. The smallest absolute Gasteiger partial charge is 0.258 e. The van der Waals surface area contributed by atoms with Crippen LogP contribution in [-0.4, -0.2) is 38.5 Å². The number of rotatable bonds is 3. The second kappa shape index (κ2) is 10.4. The highest BCUT2D eigenvalue weighted by atomic mass is 35.5. The molecule has 0 aromatic heterocycles. The largest absolute Gasteiger partial charge is 0.507 e. The molecule has 242 valence electrons. The number of benzene rings is 3. The van der Waals surface area contributed by atoms with Crippen LogP contribution in [0.1, 0.15) is 29.9 Å². The zero-order chi connectivity index (χ0) is 33.9. The summed E-state index contributed by atoms with van der Waals surface area (Å²) in [6.07, 6.45) is 0.919. The van der Waals surface area contributed by atoms with Crippen molar-refractivity contribution in [3.8, 4) is 5.75 Å². The van der Waals surface area contributed by atoms with Crippen molar-refractivity contribution < 1.29 is 46.2 Å². The summed E-state index contributed by atoms with van der Waals surface area (Å²) in [6.45, 7) is 1.53. The lowest BCUT2D eigenvalue weighted by Gasteiger charge is -2.50. The maximum Gasteiger partial charge on any atom is 0.258 e. The molecule has 4 amide bonds. The van der Waals surface area contributed by atoms with Crippen molar-refractivity contribution >= 4 is 58.2 Å². The molecule has 3 aromatic carbocycles. The van der Waals surface area contributed by atoms with E-state index >= 15 is 8.78 Å². The van der Waals surface area contributed by atoms with Crippen molar-refractivity contribution in [2.45, 2.75) is 35.4 Å². The minimum atomic E-state index is -2.71. The monoisotopic (exact) mass is 690 g/mol. The van der Waals surface area contributed by atoms with E-state index in [0.29, 0.717) is 11.3 Å². The summed E-state index contributed by atoms with van der Waals surface area (Å²) in [4.78, 5) is 51.6. The number of imide groups is 2. The number of alkyl halides is 2. The quantitative estimate of drug-likeness (QED) is 0.0887. The third kappa shape index (κ3) is 3.85. The summed E-state index contributed by atoms with van der Waals surface area (Å²) >= 11 is 14.2. The second-order valence-corrected chi connectivity index (χ2v) is 13.3. The molecule has 2 aliphatic carbocycles. The molecule has 3 aromatic rings. The van der Waals surface area contributed by atoms with E-state index < -0.39 is 98.2 Å². The van der Waals surface area contributed by atoms with E-state index in [1.54, 1.807) is 36.4 Å². The maximum absolute atomic E-state index is 15.1. The first-order valence-corrected chi connectivity index (χ1v) is 15.1. The van der Waals surface area contributed by atoms with Crippen LogP contribution in [0.15, 0.2) is 60.2 Å². The number of phenolic OH excluding ortho intramolecular Hbond substituents is 1. The summed E-state index contributed by atoms with van der Waals surface area (Å²) < 4.78 is 73.0. The lowest BCUT2D eigenvalue weighted by Crippen LogP contribution is -2.60. The van der Waals surface area contributed by atoms with Crippen molar-refractivity contribution in [2.75, 3.05) is 9.80 Å². The predicted octanol–water partition coefficient (Wildman–Crippen LogP) is 6.16. The number of allylic oxidation sites excluding steroid dienone is 2. The summed E-state index contributed by atoms with van der Waals surface area (Å²) in [5.74, 6) is -21.7. The highest BCUT2D eigenvalue weighted by molar-refractivity contribution is 6.58. The van der Waals surface area contributed by atoms with Crippen LogP contribution < -0.4 is 9.80 Å². The van der Waals surface area contributed by atoms with Crippen molar-refractivity contribution in [3.05, 3.63) is 100 Å². The van der Waals surface area contributed by atoms with Gasteiger partial charge in [0.2, 0.25) is 17.6 Å². The number of hydrogen-bond donors (Lipinski definition) is 1. The van der Waals surface area contributed by atoms with Gasteiger partial charge in [0.1, 0.15) is 11.4 Å². The summed E-state index contributed by atoms with van der Waals surface area (Å²) in [6, 6.07) is 12.5. The average Bonchev–Trinajstić information content (AvgIpc) is 3.39. The van der Waals surface area contributed by atoms with Crippen LogP contribution >= 0.6 is 23.2 Å². The van der Waals surface area contributed by atoms with E-state index in [-0.39, 0.29) is 28.2 Å². The molecule has 2 heterocycles. The number of carbonyl (C=O) groups excluding carboxylic acids is 4. The molecule has 2 aliphatic heterocycles. The topological polar surface area (TPSA) is 95.0 Å². The molecule has 14 heteroatoms. The van der Waals surface area contributed by atoms with Crippen LogP contribution in [0.2, 0.25) is 0 Å². The first-order chi connectivity index (χ1) is 22.2. The number of amides is 4. The minimum Gasteiger partial charge on any atom is -0.507 e. The van der Waals surface area contributed by atoms with Crippen LogP contribution in [0.25, 0.3) is 0 Å². The minimum absolute atomic E-state index is 0.0147. The number of aromatic hydroxyl groups is 1. The van der Waals surface area contributed by atoms with Crippen molar-refractivity contribution in [2.24, 2.45) is 17.8 Å². The fourth-order valence-electron chi connectivity index (χ4n) is 7.66. The van der Waals surface area contributed by atoms with Gasteiger partial charge < -0.3 is 5.11 Å². The van der Waals surface area contributed by atoms with E-state index in [1.165, 1.54) is 25.1 Å². The summed E-state index contributed by atoms with van der Waals surface area (Å²) in [7, 11) is 0. The molecular weight excluding hydrogens is 670 g/mol. The van der Waals surface area contributed by atoms with E-state index in [4.69, 9.17) is 23.2 Å². The molecule has 0 bridgehead atoms. The van der Waals surface area contributed by atoms with E-state index in [1.807, 2.05) is 0 Å². The fraction of sp³-hybridized carbons (Fsp3) is 0.273. The molecule has 0 spiro atoms. The zero-order valence-electron chi connectivity index (χ0n) is 24.0. The molecule has 7 rings (SSSR count).